The number of aromatic nitrogens is 2. The summed E-state index contributed by atoms with van der Waals surface area (Å²) in [5, 5.41) is 2.80. The maximum absolute atomic E-state index is 12.2. The molecule has 0 fully saturated rings. The van der Waals surface area contributed by atoms with Gasteiger partial charge >= 0.3 is 0 Å². The molecule has 0 aliphatic rings. The first-order valence-corrected chi connectivity index (χ1v) is 8.20. The molecular weight excluding hydrogens is 304 g/mol. The lowest BCUT2D eigenvalue weighted by atomic mass is 10.3. The smallest absolute Gasteiger partial charge is 0.275 e. The van der Waals surface area contributed by atoms with Crippen molar-refractivity contribution in [2.75, 3.05) is 30.4 Å². The van der Waals surface area contributed by atoms with E-state index in [1.807, 2.05) is 0 Å². The molecule has 1 N–H and O–H groups in total. The molecule has 6 heteroatoms. The fourth-order valence-electron chi connectivity index (χ4n) is 2.35. The molecule has 0 saturated heterocycles. The lowest BCUT2D eigenvalue weighted by Gasteiger charge is -2.22. The van der Waals surface area contributed by atoms with Crippen molar-refractivity contribution in [3.8, 4) is 5.75 Å². The Labute approximate surface area is 142 Å². The molecule has 2 aromatic rings. The molecule has 0 spiro atoms. The second-order valence-corrected chi connectivity index (χ2v) is 5.43. The predicted octanol–water partition coefficient (Wildman–Crippen LogP) is 3.36. The first-order valence-electron chi connectivity index (χ1n) is 8.20. The van der Waals surface area contributed by atoms with Gasteiger partial charge in [-0.3, -0.25) is 4.79 Å². The Bertz CT molecular complexity index is 635. The summed E-state index contributed by atoms with van der Waals surface area (Å²) in [7, 11) is 1.60. The van der Waals surface area contributed by atoms with E-state index < -0.39 is 0 Å². The molecule has 0 unspecified atom stereocenters. The van der Waals surface area contributed by atoms with Crippen molar-refractivity contribution in [1.82, 2.24) is 9.97 Å². The number of methoxy groups -OCH3 is 1. The van der Waals surface area contributed by atoms with Gasteiger partial charge in [-0.25, -0.2) is 9.97 Å². The molecule has 24 heavy (non-hydrogen) atoms. The standard InChI is InChI=1S/C18H24N4O2/c1-4-10-22(11-5-2)17-13-19-16(12-20-17)18(23)21-14-6-8-15(24-3)9-7-14/h6-9,12-13H,4-5,10-11H2,1-3H3,(H,21,23). The average Bonchev–Trinajstić information content (AvgIpc) is 2.62. The number of nitrogens with zero attached hydrogens (tertiary/aromatic N) is 3. The average molecular weight is 328 g/mol. The topological polar surface area (TPSA) is 67.4 Å². The van der Waals surface area contributed by atoms with Gasteiger partial charge in [0.25, 0.3) is 5.91 Å². The van der Waals surface area contributed by atoms with E-state index >= 15 is 0 Å². The van der Waals surface area contributed by atoms with Crippen LogP contribution in [0.3, 0.4) is 0 Å². The highest BCUT2D eigenvalue weighted by Crippen LogP contribution is 2.16. The largest absolute Gasteiger partial charge is 0.497 e. The summed E-state index contributed by atoms with van der Waals surface area (Å²) in [6.45, 7) is 6.12. The van der Waals surface area contributed by atoms with E-state index in [0.29, 0.717) is 11.4 Å². The van der Waals surface area contributed by atoms with Crippen molar-refractivity contribution in [2.24, 2.45) is 0 Å². The number of hydrogen-bond donors (Lipinski definition) is 1. The Hall–Kier alpha value is -2.63. The zero-order chi connectivity index (χ0) is 17.4. The molecular formula is C18H24N4O2. The second-order valence-electron chi connectivity index (χ2n) is 5.43. The number of rotatable bonds is 8. The van der Waals surface area contributed by atoms with Crippen LogP contribution in [0.2, 0.25) is 0 Å². The van der Waals surface area contributed by atoms with Crippen molar-refractivity contribution >= 4 is 17.4 Å². The van der Waals surface area contributed by atoms with E-state index in [0.717, 1.165) is 37.5 Å². The Morgan fingerprint density at radius 1 is 1.08 bits per heavy atom. The normalized spacial score (nSPS) is 10.3. The molecule has 1 heterocycles. The highest BCUT2D eigenvalue weighted by molar-refractivity contribution is 6.02. The van der Waals surface area contributed by atoms with Crippen molar-refractivity contribution in [1.29, 1.82) is 0 Å². The molecule has 0 aliphatic heterocycles. The van der Waals surface area contributed by atoms with E-state index in [4.69, 9.17) is 4.74 Å². The molecule has 1 aromatic carbocycles. The SMILES string of the molecule is CCCN(CCC)c1cnc(C(=O)Nc2ccc(OC)cc2)cn1. The van der Waals surface area contributed by atoms with Gasteiger partial charge in [0.05, 0.1) is 19.5 Å². The third kappa shape index (κ3) is 4.68. The molecule has 2 rings (SSSR count). The first kappa shape index (κ1) is 17.7. The Morgan fingerprint density at radius 2 is 1.75 bits per heavy atom. The van der Waals surface area contributed by atoms with Crippen LogP contribution in [0.5, 0.6) is 5.75 Å². The zero-order valence-corrected chi connectivity index (χ0v) is 14.5. The molecule has 0 bridgehead atoms. The van der Waals surface area contributed by atoms with Gasteiger partial charge in [-0.2, -0.15) is 0 Å². The number of carbonyl (C=O) groups excluding carboxylic acids is 1. The molecule has 0 aliphatic carbocycles. The Balaban J connectivity index is 2.04. The van der Waals surface area contributed by atoms with E-state index in [9.17, 15) is 4.79 Å². The van der Waals surface area contributed by atoms with Gasteiger partial charge in [-0.1, -0.05) is 13.8 Å². The molecule has 0 saturated carbocycles. The van der Waals surface area contributed by atoms with E-state index in [1.165, 1.54) is 6.20 Å². The molecule has 128 valence electrons. The van der Waals surface area contributed by atoms with Crippen LogP contribution >= 0.6 is 0 Å². The quantitative estimate of drug-likeness (QED) is 0.805. The highest BCUT2D eigenvalue weighted by atomic mass is 16.5. The van der Waals surface area contributed by atoms with Crippen molar-refractivity contribution in [3.63, 3.8) is 0 Å². The van der Waals surface area contributed by atoms with Gasteiger partial charge in [0, 0.05) is 18.8 Å². The monoisotopic (exact) mass is 328 g/mol. The summed E-state index contributed by atoms with van der Waals surface area (Å²) in [5.74, 6) is 1.26. The molecule has 1 amide bonds. The van der Waals surface area contributed by atoms with Crippen molar-refractivity contribution < 1.29 is 9.53 Å². The van der Waals surface area contributed by atoms with Crippen molar-refractivity contribution in [2.45, 2.75) is 26.7 Å². The molecule has 1 aromatic heterocycles. The minimum atomic E-state index is -0.281. The van der Waals surface area contributed by atoms with Crippen LogP contribution in [0.4, 0.5) is 11.5 Å². The molecule has 0 radical (unpaired) electrons. The third-order valence-corrected chi connectivity index (χ3v) is 3.53. The maximum atomic E-state index is 12.2. The van der Waals surface area contributed by atoms with E-state index in [2.05, 4.69) is 34.0 Å². The Kier molecular flexibility index (Phi) is 6.54. The minimum Gasteiger partial charge on any atom is -0.497 e. The van der Waals surface area contributed by atoms with Gasteiger partial charge < -0.3 is 15.0 Å². The van der Waals surface area contributed by atoms with Gasteiger partial charge in [0.2, 0.25) is 0 Å². The van der Waals surface area contributed by atoms with Crippen molar-refractivity contribution in [3.05, 3.63) is 42.4 Å². The van der Waals surface area contributed by atoms with Gasteiger partial charge in [-0.05, 0) is 37.1 Å². The molecule has 0 atom stereocenters. The maximum Gasteiger partial charge on any atom is 0.275 e. The molecule has 6 nitrogen and oxygen atoms in total. The fourth-order valence-corrected chi connectivity index (χ4v) is 2.35. The lowest BCUT2D eigenvalue weighted by molar-refractivity contribution is 0.102. The van der Waals surface area contributed by atoms with E-state index in [1.54, 1.807) is 37.6 Å². The van der Waals surface area contributed by atoms with Crippen LogP contribution in [0.25, 0.3) is 0 Å². The summed E-state index contributed by atoms with van der Waals surface area (Å²) in [5.41, 5.74) is 0.979. The number of carbonyl (C=O) groups is 1. The summed E-state index contributed by atoms with van der Waals surface area (Å²) in [6, 6.07) is 7.14. The summed E-state index contributed by atoms with van der Waals surface area (Å²) < 4.78 is 5.09. The third-order valence-electron chi connectivity index (χ3n) is 3.53. The van der Waals surface area contributed by atoms with E-state index in [-0.39, 0.29) is 5.91 Å². The van der Waals surface area contributed by atoms with Crippen LogP contribution < -0.4 is 15.0 Å². The van der Waals surface area contributed by atoms with Crippen LogP contribution in [-0.2, 0) is 0 Å². The zero-order valence-electron chi connectivity index (χ0n) is 14.5. The van der Waals surface area contributed by atoms with Crippen LogP contribution in [0.15, 0.2) is 36.7 Å². The predicted molar refractivity (Wildman–Crippen MR) is 95.8 cm³/mol. The van der Waals surface area contributed by atoms with Crippen LogP contribution in [0, 0.1) is 0 Å². The van der Waals surface area contributed by atoms with Crippen LogP contribution in [0.1, 0.15) is 37.2 Å². The number of ether oxygens (including phenoxy) is 1. The summed E-state index contributed by atoms with van der Waals surface area (Å²) in [4.78, 5) is 23.1. The van der Waals surface area contributed by atoms with Gasteiger partial charge in [0.15, 0.2) is 0 Å². The summed E-state index contributed by atoms with van der Waals surface area (Å²) >= 11 is 0. The highest BCUT2D eigenvalue weighted by Gasteiger charge is 2.11. The first-order chi connectivity index (χ1) is 11.7. The fraction of sp³-hybridized carbons (Fsp3) is 0.389. The minimum absolute atomic E-state index is 0.281. The van der Waals surface area contributed by atoms with Crippen LogP contribution in [-0.4, -0.2) is 36.1 Å². The lowest BCUT2D eigenvalue weighted by Crippen LogP contribution is -2.26. The number of nitrogens with one attached hydrogen (secondary N) is 1. The number of amides is 1. The number of hydrogen-bond acceptors (Lipinski definition) is 5. The van der Waals surface area contributed by atoms with Gasteiger partial charge in [-0.15, -0.1) is 0 Å². The van der Waals surface area contributed by atoms with Gasteiger partial charge in [0.1, 0.15) is 17.3 Å². The number of benzene rings is 1. The number of anilines is 2. The Morgan fingerprint density at radius 3 is 2.25 bits per heavy atom. The second kappa shape index (κ2) is 8.86. The summed E-state index contributed by atoms with van der Waals surface area (Å²) in [6.07, 6.45) is 5.27.